The molecule has 4 nitrogen and oxygen atoms in total. The summed E-state index contributed by atoms with van der Waals surface area (Å²) in [6, 6.07) is 15.4. The van der Waals surface area contributed by atoms with E-state index in [9.17, 15) is 9.18 Å². The molecule has 0 unspecified atom stereocenters. The number of aryl methyl sites for hydroxylation is 2. The van der Waals surface area contributed by atoms with Gasteiger partial charge in [-0.1, -0.05) is 12.1 Å². The maximum absolute atomic E-state index is 13.1. The first-order valence-corrected chi connectivity index (χ1v) is 9.54. The lowest BCUT2D eigenvalue weighted by atomic mass is 10.00. The number of nitrogens with one attached hydrogen (secondary N) is 1. The predicted molar refractivity (Wildman–Crippen MR) is 112 cm³/mol. The Kier molecular flexibility index (Phi) is 4.73. The maximum atomic E-state index is 13.1. The number of hydrogen-bond acceptors (Lipinski definition) is 2. The Morgan fingerprint density at radius 2 is 1.86 bits per heavy atom. The minimum absolute atomic E-state index is 0.237. The zero-order chi connectivity index (χ0) is 19.8. The van der Waals surface area contributed by atoms with Gasteiger partial charge in [-0.2, -0.15) is 0 Å². The fraction of sp³-hybridized carbons (Fsp3) is 0.0909. The van der Waals surface area contributed by atoms with Gasteiger partial charge in [0.1, 0.15) is 16.1 Å². The van der Waals surface area contributed by atoms with Gasteiger partial charge in [-0.3, -0.25) is 9.20 Å². The second-order valence-electron chi connectivity index (χ2n) is 6.59. The molecule has 0 fully saturated rings. The van der Waals surface area contributed by atoms with Crippen molar-refractivity contribution in [2.75, 3.05) is 5.32 Å². The first-order valence-electron chi connectivity index (χ1n) is 8.75. The van der Waals surface area contributed by atoms with Crippen LogP contribution in [0.4, 0.5) is 10.1 Å². The summed E-state index contributed by atoms with van der Waals surface area (Å²) in [7, 11) is 0. The summed E-state index contributed by atoms with van der Waals surface area (Å²) in [6.45, 7) is 3.83. The van der Waals surface area contributed by atoms with E-state index in [4.69, 9.17) is 0 Å². The van der Waals surface area contributed by atoms with Gasteiger partial charge in [0, 0.05) is 23.0 Å². The normalized spacial score (nSPS) is 11.0. The molecular weight excluding hydrogens is 421 g/mol. The topological polar surface area (TPSA) is 46.4 Å². The van der Waals surface area contributed by atoms with Crippen molar-refractivity contribution in [2.24, 2.45) is 0 Å². The van der Waals surface area contributed by atoms with Crippen molar-refractivity contribution in [1.82, 2.24) is 9.38 Å². The van der Waals surface area contributed by atoms with Crippen molar-refractivity contribution in [3.63, 3.8) is 0 Å². The number of aromatic nitrogens is 2. The Balaban J connectivity index is 1.74. The highest BCUT2D eigenvalue weighted by Gasteiger charge is 2.15. The number of benzene rings is 2. The van der Waals surface area contributed by atoms with Crippen molar-refractivity contribution in [2.45, 2.75) is 13.8 Å². The zero-order valence-electron chi connectivity index (χ0n) is 15.3. The van der Waals surface area contributed by atoms with E-state index in [1.54, 1.807) is 0 Å². The zero-order valence-corrected chi connectivity index (χ0v) is 16.9. The average Bonchev–Trinajstić information content (AvgIpc) is 2.98. The number of nitrogens with zero attached hydrogens (tertiary/aromatic N) is 2. The molecule has 4 aromatic rings. The molecule has 2 aromatic heterocycles. The summed E-state index contributed by atoms with van der Waals surface area (Å²) >= 11 is 3.56. The van der Waals surface area contributed by atoms with Gasteiger partial charge in [0.25, 0.3) is 5.91 Å². The third kappa shape index (κ3) is 3.31. The quantitative estimate of drug-likeness (QED) is 0.441. The number of anilines is 1. The average molecular weight is 438 g/mol. The number of halogens is 2. The van der Waals surface area contributed by atoms with E-state index in [0.29, 0.717) is 11.3 Å². The van der Waals surface area contributed by atoms with Crippen molar-refractivity contribution in [3.8, 4) is 11.1 Å². The number of pyridine rings is 1. The minimum atomic E-state index is -0.342. The number of imidazole rings is 1. The van der Waals surface area contributed by atoms with Crippen LogP contribution in [0.5, 0.6) is 0 Å². The maximum Gasteiger partial charge on any atom is 0.255 e. The molecule has 140 valence electrons. The Morgan fingerprint density at radius 3 is 2.61 bits per heavy atom. The molecule has 0 saturated heterocycles. The smallest absolute Gasteiger partial charge is 0.255 e. The first-order chi connectivity index (χ1) is 13.4. The number of hydrogen-bond donors (Lipinski definition) is 1. The largest absolute Gasteiger partial charge is 0.322 e. The fourth-order valence-corrected chi connectivity index (χ4v) is 3.52. The fourth-order valence-electron chi connectivity index (χ4n) is 3.14. The van der Waals surface area contributed by atoms with Gasteiger partial charge in [-0.05, 0) is 83.4 Å². The van der Waals surface area contributed by atoms with Gasteiger partial charge in [-0.25, -0.2) is 9.37 Å². The Labute approximate surface area is 170 Å². The molecule has 4 rings (SSSR count). The first kappa shape index (κ1) is 18.4. The predicted octanol–water partition coefficient (Wildman–Crippen LogP) is 5.77. The molecule has 2 heterocycles. The van der Waals surface area contributed by atoms with Crippen LogP contribution in [0.3, 0.4) is 0 Å². The molecule has 0 aliphatic heterocycles. The molecule has 0 atom stereocenters. The summed E-state index contributed by atoms with van der Waals surface area (Å²) in [5, 5.41) is 2.82. The lowest BCUT2D eigenvalue weighted by Gasteiger charge is -2.11. The van der Waals surface area contributed by atoms with Crippen LogP contribution in [0, 0.1) is 19.7 Å². The molecular formula is C22H17BrFN3O. The van der Waals surface area contributed by atoms with Gasteiger partial charge >= 0.3 is 0 Å². The summed E-state index contributed by atoms with van der Waals surface area (Å²) < 4.78 is 16.0. The summed E-state index contributed by atoms with van der Waals surface area (Å²) in [6.07, 6.45) is 1.94. The lowest BCUT2D eigenvalue weighted by Crippen LogP contribution is -2.13. The van der Waals surface area contributed by atoms with E-state index in [2.05, 4.69) is 26.2 Å². The molecule has 0 aliphatic carbocycles. The van der Waals surface area contributed by atoms with Gasteiger partial charge in [0.15, 0.2) is 0 Å². The van der Waals surface area contributed by atoms with E-state index < -0.39 is 0 Å². The van der Waals surface area contributed by atoms with Crippen molar-refractivity contribution in [1.29, 1.82) is 0 Å². The highest BCUT2D eigenvalue weighted by Crippen LogP contribution is 2.29. The number of fused-ring (bicyclic) bond motifs is 1. The molecule has 2 aromatic carbocycles. The molecule has 0 aliphatic rings. The summed E-state index contributed by atoms with van der Waals surface area (Å²) in [5.41, 5.74) is 5.52. The van der Waals surface area contributed by atoms with Gasteiger partial charge < -0.3 is 5.32 Å². The third-order valence-corrected chi connectivity index (χ3v) is 5.60. The van der Waals surface area contributed by atoms with Crippen LogP contribution < -0.4 is 5.32 Å². The number of amides is 1. The van der Waals surface area contributed by atoms with Crippen LogP contribution in [-0.4, -0.2) is 15.3 Å². The highest BCUT2D eigenvalue weighted by atomic mass is 79.9. The highest BCUT2D eigenvalue weighted by molar-refractivity contribution is 9.10. The summed E-state index contributed by atoms with van der Waals surface area (Å²) in [5.74, 6) is -0.580. The second kappa shape index (κ2) is 7.20. The second-order valence-corrected chi connectivity index (χ2v) is 7.35. The van der Waals surface area contributed by atoms with Crippen molar-refractivity contribution < 1.29 is 9.18 Å². The SMILES string of the molecule is Cc1ccc(-c2cccn3c(Br)c(C)nc23)cc1C(=O)Nc1ccc(F)cc1. The van der Waals surface area contributed by atoms with E-state index in [-0.39, 0.29) is 11.7 Å². The van der Waals surface area contributed by atoms with Gasteiger partial charge in [0.05, 0.1) is 5.69 Å². The molecule has 0 saturated carbocycles. The molecule has 28 heavy (non-hydrogen) atoms. The molecule has 0 spiro atoms. The van der Waals surface area contributed by atoms with Crippen LogP contribution in [0.1, 0.15) is 21.6 Å². The molecule has 0 radical (unpaired) electrons. The molecule has 6 heteroatoms. The van der Waals surface area contributed by atoms with Crippen LogP contribution >= 0.6 is 15.9 Å². The van der Waals surface area contributed by atoms with Crippen molar-refractivity contribution >= 4 is 33.2 Å². The monoisotopic (exact) mass is 437 g/mol. The molecule has 1 N–H and O–H groups in total. The van der Waals surface area contributed by atoms with Crippen LogP contribution in [0.15, 0.2) is 65.4 Å². The minimum Gasteiger partial charge on any atom is -0.322 e. The van der Waals surface area contributed by atoms with Gasteiger partial charge in [0.2, 0.25) is 0 Å². The summed E-state index contributed by atoms with van der Waals surface area (Å²) in [4.78, 5) is 17.4. The van der Waals surface area contributed by atoms with E-state index in [1.807, 2.05) is 54.8 Å². The standard InChI is InChI=1S/C22H17BrFN3O/c1-13-5-6-15(18-4-3-11-27-20(23)14(2)25-21(18)27)12-19(13)22(28)26-17-9-7-16(24)8-10-17/h3-12H,1-2H3,(H,26,28). The Hall–Kier alpha value is -2.99. The number of carbonyl (C=O) groups is 1. The van der Waals surface area contributed by atoms with E-state index in [0.717, 1.165) is 32.6 Å². The van der Waals surface area contributed by atoms with Crippen molar-refractivity contribution in [3.05, 3.63) is 88.0 Å². The Bertz CT molecular complexity index is 1200. The van der Waals surface area contributed by atoms with E-state index >= 15 is 0 Å². The van der Waals surface area contributed by atoms with Crippen LogP contribution in [0.2, 0.25) is 0 Å². The number of carbonyl (C=O) groups excluding carboxylic acids is 1. The molecule has 0 bridgehead atoms. The van der Waals surface area contributed by atoms with Crippen LogP contribution in [-0.2, 0) is 0 Å². The third-order valence-electron chi connectivity index (χ3n) is 4.65. The lowest BCUT2D eigenvalue weighted by molar-refractivity contribution is 0.102. The molecule has 1 amide bonds. The van der Waals surface area contributed by atoms with E-state index in [1.165, 1.54) is 24.3 Å². The number of rotatable bonds is 3. The van der Waals surface area contributed by atoms with Gasteiger partial charge in [-0.15, -0.1) is 0 Å². The Morgan fingerprint density at radius 1 is 1.11 bits per heavy atom. The van der Waals surface area contributed by atoms with Crippen LogP contribution in [0.25, 0.3) is 16.8 Å².